The Labute approximate surface area is 167 Å². The molecule has 0 aliphatic rings. The molecule has 1 aromatic heterocycles. The molecule has 29 heavy (non-hydrogen) atoms. The van der Waals surface area contributed by atoms with Crippen LogP contribution in [0.3, 0.4) is 0 Å². The lowest BCUT2D eigenvalue weighted by atomic mass is 10.0. The van der Waals surface area contributed by atoms with E-state index in [1.54, 1.807) is 24.3 Å². The molecule has 142 valence electrons. The van der Waals surface area contributed by atoms with Gasteiger partial charge in [0.25, 0.3) is 0 Å². The number of nitrogens with one attached hydrogen (secondary N) is 1. The van der Waals surface area contributed by atoms with Crippen LogP contribution in [0.1, 0.15) is 32.9 Å². The van der Waals surface area contributed by atoms with E-state index in [0.29, 0.717) is 17.5 Å². The van der Waals surface area contributed by atoms with E-state index in [2.05, 4.69) is 9.97 Å². The summed E-state index contributed by atoms with van der Waals surface area (Å²) in [6, 6.07) is 22.3. The number of aliphatic carboxylic acids is 1. The molecule has 0 atom stereocenters. The molecule has 4 aromatic rings. The molecule has 0 unspecified atom stereocenters. The van der Waals surface area contributed by atoms with Crippen molar-refractivity contribution in [2.75, 3.05) is 0 Å². The second kappa shape index (κ2) is 7.94. The van der Waals surface area contributed by atoms with Gasteiger partial charge >= 0.3 is 5.97 Å². The number of carbonyl (C=O) groups excluding carboxylic acids is 1. The molecule has 5 heteroatoms. The highest BCUT2D eigenvalue weighted by atomic mass is 16.4. The second-order valence-corrected chi connectivity index (χ2v) is 6.70. The number of carboxylic acid groups (broad SMARTS) is 1. The molecule has 0 amide bonds. The highest BCUT2D eigenvalue weighted by Gasteiger charge is 2.11. The van der Waals surface area contributed by atoms with Gasteiger partial charge in [0.2, 0.25) is 0 Å². The molecule has 0 spiro atoms. The molecular weight excluding hydrogens is 364 g/mol. The van der Waals surface area contributed by atoms with E-state index >= 15 is 0 Å². The summed E-state index contributed by atoms with van der Waals surface area (Å²) in [5.74, 6) is -0.187. The highest BCUT2D eigenvalue weighted by molar-refractivity contribution is 6.10. The van der Waals surface area contributed by atoms with Gasteiger partial charge in [0.1, 0.15) is 5.82 Å². The summed E-state index contributed by atoms with van der Waals surface area (Å²) >= 11 is 0. The van der Waals surface area contributed by atoms with Crippen molar-refractivity contribution in [1.82, 2.24) is 9.97 Å². The Morgan fingerprint density at radius 1 is 0.931 bits per heavy atom. The largest absolute Gasteiger partial charge is 0.478 e. The first kappa shape index (κ1) is 18.4. The number of hydrogen-bond acceptors (Lipinski definition) is 3. The fraction of sp³-hybridized carbons (Fsp3) is 0.0417. The smallest absolute Gasteiger partial charge is 0.328 e. The van der Waals surface area contributed by atoms with Gasteiger partial charge in [-0.2, -0.15) is 0 Å². The second-order valence-electron chi connectivity index (χ2n) is 6.70. The first-order chi connectivity index (χ1) is 14.1. The summed E-state index contributed by atoms with van der Waals surface area (Å²) in [5, 5.41) is 8.69. The van der Waals surface area contributed by atoms with Gasteiger partial charge in [-0.05, 0) is 35.4 Å². The Morgan fingerprint density at radius 3 is 2.41 bits per heavy atom. The third-order valence-electron chi connectivity index (χ3n) is 4.60. The standard InChI is InChI=1S/C24H18N2O3/c27-23(28)13-10-16-6-8-17(9-7-16)14-22-25-20-12-11-19(15-21(20)26-22)24(29)18-4-2-1-3-5-18/h1-13,15H,14H2,(H,25,26)(H,27,28). The van der Waals surface area contributed by atoms with E-state index in [-0.39, 0.29) is 5.78 Å². The molecular formula is C24H18N2O3. The van der Waals surface area contributed by atoms with Crippen LogP contribution >= 0.6 is 0 Å². The van der Waals surface area contributed by atoms with Crippen LogP contribution < -0.4 is 0 Å². The number of aromatic nitrogens is 2. The number of rotatable bonds is 6. The minimum absolute atomic E-state index is 0.0198. The zero-order valence-electron chi connectivity index (χ0n) is 15.5. The van der Waals surface area contributed by atoms with Crippen molar-refractivity contribution in [3.05, 3.63) is 107 Å². The van der Waals surface area contributed by atoms with Crippen LogP contribution in [0.4, 0.5) is 0 Å². The van der Waals surface area contributed by atoms with E-state index in [0.717, 1.165) is 34.1 Å². The van der Waals surface area contributed by atoms with Gasteiger partial charge in [-0.1, -0.05) is 54.6 Å². The van der Waals surface area contributed by atoms with E-state index in [9.17, 15) is 9.59 Å². The van der Waals surface area contributed by atoms with Crippen molar-refractivity contribution in [3.63, 3.8) is 0 Å². The summed E-state index contributed by atoms with van der Waals surface area (Å²) in [6.45, 7) is 0. The van der Waals surface area contributed by atoms with Crippen LogP contribution in [0.2, 0.25) is 0 Å². The average Bonchev–Trinajstić information content (AvgIpc) is 3.14. The van der Waals surface area contributed by atoms with Crippen LogP contribution in [0.25, 0.3) is 17.1 Å². The maximum Gasteiger partial charge on any atom is 0.328 e. The molecule has 0 aliphatic carbocycles. The van der Waals surface area contributed by atoms with Crippen LogP contribution in [-0.4, -0.2) is 26.8 Å². The number of benzene rings is 3. The maximum absolute atomic E-state index is 12.6. The third kappa shape index (κ3) is 4.30. The number of ketones is 1. The van der Waals surface area contributed by atoms with Gasteiger partial charge < -0.3 is 10.1 Å². The summed E-state index contributed by atoms with van der Waals surface area (Å²) in [7, 11) is 0. The normalized spacial score (nSPS) is 11.2. The quantitative estimate of drug-likeness (QED) is 0.380. The summed E-state index contributed by atoms with van der Waals surface area (Å²) in [5.41, 5.74) is 4.78. The van der Waals surface area contributed by atoms with Crippen molar-refractivity contribution in [2.45, 2.75) is 6.42 Å². The lowest BCUT2D eigenvalue weighted by Gasteiger charge is -2.00. The van der Waals surface area contributed by atoms with Crippen molar-refractivity contribution < 1.29 is 14.7 Å². The SMILES string of the molecule is O=C(O)C=Cc1ccc(Cc2nc3ccc(C(=O)c4ccccc4)cc3[nH]2)cc1. The predicted molar refractivity (Wildman–Crippen MR) is 112 cm³/mol. The number of carbonyl (C=O) groups is 2. The fourth-order valence-corrected chi connectivity index (χ4v) is 3.15. The van der Waals surface area contributed by atoms with E-state index in [1.807, 2.05) is 54.6 Å². The van der Waals surface area contributed by atoms with E-state index in [1.165, 1.54) is 0 Å². The third-order valence-corrected chi connectivity index (χ3v) is 4.60. The van der Waals surface area contributed by atoms with Gasteiger partial charge in [0.15, 0.2) is 5.78 Å². The van der Waals surface area contributed by atoms with Crippen LogP contribution in [-0.2, 0) is 11.2 Å². The Balaban J connectivity index is 1.53. The highest BCUT2D eigenvalue weighted by Crippen LogP contribution is 2.18. The lowest BCUT2D eigenvalue weighted by Crippen LogP contribution is -2.00. The zero-order chi connectivity index (χ0) is 20.2. The van der Waals surface area contributed by atoms with Crippen molar-refractivity contribution in [3.8, 4) is 0 Å². The molecule has 0 aliphatic heterocycles. The fourth-order valence-electron chi connectivity index (χ4n) is 3.15. The maximum atomic E-state index is 12.6. The first-order valence-corrected chi connectivity index (χ1v) is 9.17. The molecule has 2 N–H and O–H groups in total. The van der Waals surface area contributed by atoms with Gasteiger partial charge in [0.05, 0.1) is 11.0 Å². The van der Waals surface area contributed by atoms with E-state index in [4.69, 9.17) is 5.11 Å². The van der Waals surface area contributed by atoms with Crippen LogP contribution in [0.5, 0.6) is 0 Å². The van der Waals surface area contributed by atoms with Crippen LogP contribution in [0, 0.1) is 0 Å². The molecule has 0 saturated heterocycles. The number of nitrogens with zero attached hydrogens (tertiary/aromatic N) is 1. The zero-order valence-corrected chi connectivity index (χ0v) is 15.5. The molecule has 3 aromatic carbocycles. The summed E-state index contributed by atoms with van der Waals surface area (Å²) < 4.78 is 0. The lowest BCUT2D eigenvalue weighted by molar-refractivity contribution is -0.131. The van der Waals surface area contributed by atoms with Crippen LogP contribution in [0.15, 0.2) is 78.9 Å². The Bertz CT molecular complexity index is 1210. The first-order valence-electron chi connectivity index (χ1n) is 9.17. The topological polar surface area (TPSA) is 83.0 Å². The monoisotopic (exact) mass is 382 g/mol. The minimum atomic E-state index is -0.971. The van der Waals surface area contributed by atoms with Gasteiger partial charge in [-0.25, -0.2) is 9.78 Å². The van der Waals surface area contributed by atoms with Crippen molar-refractivity contribution >= 4 is 28.9 Å². The molecule has 0 radical (unpaired) electrons. The van der Waals surface area contributed by atoms with Gasteiger partial charge in [-0.3, -0.25) is 4.79 Å². The number of fused-ring (bicyclic) bond motifs is 1. The molecule has 0 saturated carbocycles. The molecule has 1 heterocycles. The number of imidazole rings is 1. The summed E-state index contributed by atoms with van der Waals surface area (Å²) in [6.07, 6.45) is 3.28. The van der Waals surface area contributed by atoms with Gasteiger partial charge in [0, 0.05) is 23.6 Å². The Kier molecular flexibility index (Phi) is 5.03. The van der Waals surface area contributed by atoms with Crippen molar-refractivity contribution in [2.24, 2.45) is 0 Å². The number of hydrogen-bond donors (Lipinski definition) is 2. The number of carboxylic acids is 1. The van der Waals surface area contributed by atoms with E-state index < -0.39 is 5.97 Å². The summed E-state index contributed by atoms with van der Waals surface area (Å²) in [4.78, 5) is 31.1. The predicted octanol–water partition coefficient (Wildman–Crippen LogP) is 4.48. The molecule has 0 bridgehead atoms. The Hall–Kier alpha value is -3.99. The molecule has 5 nitrogen and oxygen atoms in total. The number of H-pyrrole nitrogens is 1. The minimum Gasteiger partial charge on any atom is -0.478 e. The molecule has 4 rings (SSSR count). The Morgan fingerprint density at radius 2 is 1.69 bits per heavy atom. The average molecular weight is 382 g/mol. The van der Waals surface area contributed by atoms with Gasteiger partial charge in [-0.15, -0.1) is 0 Å². The molecule has 0 fully saturated rings. The number of aromatic amines is 1. The van der Waals surface area contributed by atoms with Crippen molar-refractivity contribution in [1.29, 1.82) is 0 Å².